The second-order valence-electron chi connectivity index (χ2n) is 4.32. The van der Waals surface area contributed by atoms with Crippen LogP contribution < -0.4 is 5.32 Å². The van der Waals surface area contributed by atoms with Crippen molar-refractivity contribution in [2.75, 3.05) is 6.61 Å². The number of ether oxygens (including phenoxy) is 1. The van der Waals surface area contributed by atoms with Crippen molar-refractivity contribution in [3.05, 3.63) is 12.2 Å². The van der Waals surface area contributed by atoms with Gasteiger partial charge in [0.1, 0.15) is 12.2 Å². The molecular weight excluding hydrogens is 204 g/mol. The van der Waals surface area contributed by atoms with Gasteiger partial charge in [-0.15, -0.1) is 10.2 Å². The summed E-state index contributed by atoms with van der Waals surface area (Å²) in [6.07, 6.45) is 4.32. The van der Waals surface area contributed by atoms with E-state index in [9.17, 15) is 0 Å². The van der Waals surface area contributed by atoms with E-state index >= 15 is 0 Å². The second-order valence-corrected chi connectivity index (χ2v) is 4.32. The first-order valence-electron chi connectivity index (χ1n) is 6.01. The van der Waals surface area contributed by atoms with Crippen molar-refractivity contribution in [2.24, 2.45) is 0 Å². The van der Waals surface area contributed by atoms with E-state index in [2.05, 4.69) is 33.9 Å². The maximum Gasteiger partial charge on any atom is 0.146 e. The van der Waals surface area contributed by atoms with Crippen molar-refractivity contribution in [3.63, 3.8) is 0 Å². The van der Waals surface area contributed by atoms with Gasteiger partial charge in [0.15, 0.2) is 0 Å². The van der Waals surface area contributed by atoms with Gasteiger partial charge in [0.2, 0.25) is 0 Å². The normalized spacial score (nSPS) is 25.9. The highest BCUT2D eigenvalue weighted by molar-refractivity contribution is 4.86. The molecule has 5 nitrogen and oxygen atoms in total. The van der Waals surface area contributed by atoms with E-state index in [1.807, 2.05) is 0 Å². The van der Waals surface area contributed by atoms with Gasteiger partial charge in [-0.2, -0.15) is 0 Å². The summed E-state index contributed by atoms with van der Waals surface area (Å²) in [5.41, 5.74) is 0. The van der Waals surface area contributed by atoms with Gasteiger partial charge in [-0.1, -0.05) is 0 Å². The Morgan fingerprint density at radius 2 is 2.50 bits per heavy atom. The van der Waals surface area contributed by atoms with E-state index in [1.165, 1.54) is 0 Å². The van der Waals surface area contributed by atoms with Gasteiger partial charge in [-0.25, -0.2) is 0 Å². The van der Waals surface area contributed by atoms with Crippen molar-refractivity contribution >= 4 is 0 Å². The first-order valence-corrected chi connectivity index (χ1v) is 6.01. The number of aryl methyl sites for hydroxylation is 1. The van der Waals surface area contributed by atoms with Crippen LogP contribution >= 0.6 is 0 Å². The predicted octanol–water partition coefficient (Wildman–Crippen LogP) is 0.955. The number of hydrogen-bond donors (Lipinski definition) is 1. The molecule has 1 N–H and O–H groups in total. The fourth-order valence-electron chi connectivity index (χ4n) is 2.10. The minimum absolute atomic E-state index is 0.371. The first kappa shape index (κ1) is 11.5. The monoisotopic (exact) mass is 224 g/mol. The van der Waals surface area contributed by atoms with Crippen molar-refractivity contribution in [2.45, 2.75) is 51.9 Å². The van der Waals surface area contributed by atoms with Crippen LogP contribution in [0.5, 0.6) is 0 Å². The zero-order valence-electron chi connectivity index (χ0n) is 10.0. The lowest BCUT2D eigenvalue weighted by Gasteiger charge is -2.27. The number of aromatic nitrogens is 3. The maximum atomic E-state index is 5.52. The lowest BCUT2D eigenvalue weighted by molar-refractivity contribution is 0.0129. The van der Waals surface area contributed by atoms with Crippen LogP contribution in [0.2, 0.25) is 0 Å². The van der Waals surface area contributed by atoms with E-state index < -0.39 is 0 Å². The Morgan fingerprint density at radius 1 is 1.62 bits per heavy atom. The summed E-state index contributed by atoms with van der Waals surface area (Å²) in [6, 6.07) is 0.547. The highest BCUT2D eigenvalue weighted by Gasteiger charge is 2.19. The third kappa shape index (κ3) is 2.80. The van der Waals surface area contributed by atoms with E-state index in [4.69, 9.17) is 4.74 Å². The molecule has 1 aliphatic heterocycles. The molecule has 0 spiro atoms. The maximum absolute atomic E-state index is 5.52. The van der Waals surface area contributed by atoms with Crippen LogP contribution in [0.25, 0.3) is 0 Å². The molecule has 1 aromatic heterocycles. The fourth-order valence-corrected chi connectivity index (χ4v) is 2.10. The van der Waals surface area contributed by atoms with Crippen molar-refractivity contribution in [1.82, 2.24) is 20.1 Å². The van der Waals surface area contributed by atoms with Gasteiger partial charge < -0.3 is 14.6 Å². The van der Waals surface area contributed by atoms with Gasteiger partial charge in [0, 0.05) is 19.2 Å². The van der Waals surface area contributed by atoms with Crippen LogP contribution in [0.15, 0.2) is 6.33 Å². The summed E-state index contributed by atoms with van der Waals surface area (Å²) in [5, 5.41) is 11.6. The second kappa shape index (κ2) is 5.41. The van der Waals surface area contributed by atoms with Gasteiger partial charge in [-0.05, 0) is 26.7 Å². The van der Waals surface area contributed by atoms with E-state index in [0.29, 0.717) is 12.1 Å². The zero-order chi connectivity index (χ0) is 11.4. The molecule has 0 amide bonds. The standard InChI is InChI=1S/C11H20N4O/c1-3-15-8-13-14-11(15)7-12-10-4-5-16-9(2)6-10/h8-10,12H,3-7H2,1-2H3. The van der Waals surface area contributed by atoms with Crippen LogP contribution in [0.4, 0.5) is 0 Å². The molecule has 0 saturated carbocycles. The topological polar surface area (TPSA) is 52.0 Å². The molecule has 2 rings (SSSR count). The van der Waals surface area contributed by atoms with Crippen LogP contribution in [0, 0.1) is 0 Å². The Morgan fingerprint density at radius 3 is 3.25 bits per heavy atom. The smallest absolute Gasteiger partial charge is 0.146 e. The number of nitrogens with one attached hydrogen (secondary N) is 1. The third-order valence-corrected chi connectivity index (χ3v) is 3.07. The molecule has 2 unspecified atom stereocenters. The van der Waals surface area contributed by atoms with Gasteiger partial charge in [-0.3, -0.25) is 0 Å². The molecule has 90 valence electrons. The molecule has 5 heteroatoms. The average molecular weight is 224 g/mol. The summed E-state index contributed by atoms with van der Waals surface area (Å²) < 4.78 is 7.58. The van der Waals surface area contributed by atoms with Gasteiger partial charge in [0.25, 0.3) is 0 Å². The minimum atomic E-state index is 0.371. The van der Waals surface area contributed by atoms with Gasteiger partial charge >= 0.3 is 0 Å². The fraction of sp³-hybridized carbons (Fsp3) is 0.818. The molecular formula is C11H20N4O. The molecule has 1 aliphatic rings. The number of rotatable bonds is 4. The molecule has 2 heterocycles. The highest BCUT2D eigenvalue weighted by Crippen LogP contribution is 2.13. The highest BCUT2D eigenvalue weighted by atomic mass is 16.5. The summed E-state index contributed by atoms with van der Waals surface area (Å²) in [7, 11) is 0. The molecule has 2 atom stereocenters. The predicted molar refractivity (Wildman–Crippen MR) is 61.0 cm³/mol. The first-order chi connectivity index (χ1) is 7.79. The van der Waals surface area contributed by atoms with E-state index in [0.717, 1.165) is 38.4 Å². The van der Waals surface area contributed by atoms with Crippen LogP contribution in [0.3, 0.4) is 0 Å². The van der Waals surface area contributed by atoms with Crippen molar-refractivity contribution < 1.29 is 4.74 Å². The largest absolute Gasteiger partial charge is 0.378 e. The summed E-state index contributed by atoms with van der Waals surface area (Å²) in [6.45, 7) is 6.81. The van der Waals surface area contributed by atoms with E-state index in [1.54, 1.807) is 6.33 Å². The molecule has 0 bridgehead atoms. The number of hydrogen-bond acceptors (Lipinski definition) is 4. The van der Waals surface area contributed by atoms with Gasteiger partial charge in [0.05, 0.1) is 12.6 Å². The Hall–Kier alpha value is -0.940. The lowest BCUT2D eigenvalue weighted by Crippen LogP contribution is -2.38. The Kier molecular flexibility index (Phi) is 3.90. The van der Waals surface area contributed by atoms with Crippen LogP contribution in [-0.2, 0) is 17.8 Å². The summed E-state index contributed by atoms with van der Waals surface area (Å²) in [4.78, 5) is 0. The van der Waals surface area contributed by atoms with E-state index in [-0.39, 0.29) is 0 Å². The SMILES string of the molecule is CCn1cnnc1CNC1CCOC(C)C1. The molecule has 1 fully saturated rings. The average Bonchev–Trinajstić information content (AvgIpc) is 2.74. The zero-order valence-corrected chi connectivity index (χ0v) is 10.0. The molecule has 0 radical (unpaired) electrons. The Bertz CT molecular complexity index is 326. The molecule has 0 aliphatic carbocycles. The number of nitrogens with zero attached hydrogens (tertiary/aromatic N) is 3. The molecule has 1 aromatic rings. The van der Waals surface area contributed by atoms with Crippen molar-refractivity contribution in [1.29, 1.82) is 0 Å². The third-order valence-electron chi connectivity index (χ3n) is 3.07. The quantitative estimate of drug-likeness (QED) is 0.827. The Labute approximate surface area is 96.2 Å². The molecule has 0 aromatic carbocycles. The van der Waals surface area contributed by atoms with Crippen molar-refractivity contribution in [3.8, 4) is 0 Å². The summed E-state index contributed by atoms with van der Waals surface area (Å²) in [5.74, 6) is 1.02. The Balaban J connectivity index is 1.82. The molecule has 1 saturated heterocycles. The summed E-state index contributed by atoms with van der Waals surface area (Å²) >= 11 is 0. The van der Waals surface area contributed by atoms with Crippen LogP contribution in [0.1, 0.15) is 32.5 Å². The molecule has 16 heavy (non-hydrogen) atoms. The van der Waals surface area contributed by atoms with Crippen LogP contribution in [-0.4, -0.2) is 33.5 Å². The lowest BCUT2D eigenvalue weighted by atomic mass is 10.0. The minimum Gasteiger partial charge on any atom is -0.378 e.